The predicted molar refractivity (Wildman–Crippen MR) is 94.4 cm³/mol. The van der Waals surface area contributed by atoms with Gasteiger partial charge >= 0.3 is 5.97 Å². The second-order valence-corrected chi connectivity index (χ2v) is 5.55. The zero-order valence-electron chi connectivity index (χ0n) is 13.5. The molecular weight excluding hydrogens is 320 g/mol. The van der Waals surface area contributed by atoms with Crippen molar-refractivity contribution in [2.24, 2.45) is 0 Å². The highest BCUT2D eigenvalue weighted by Gasteiger charge is 2.06. The van der Waals surface area contributed by atoms with Gasteiger partial charge in [-0.25, -0.2) is 4.98 Å². The summed E-state index contributed by atoms with van der Waals surface area (Å²) in [6.07, 6.45) is -0.0920. The number of aromatic amines is 1. The molecule has 0 saturated heterocycles. The maximum absolute atomic E-state index is 11.9. The molecule has 1 heterocycles. The Bertz CT molecular complexity index is 854. The third-order valence-electron chi connectivity index (χ3n) is 3.69. The average molecular weight is 338 g/mol. The van der Waals surface area contributed by atoms with Gasteiger partial charge in [0.15, 0.2) is 0 Å². The van der Waals surface area contributed by atoms with Crippen molar-refractivity contribution < 1.29 is 14.7 Å². The maximum Gasteiger partial charge on any atom is 0.305 e. The third kappa shape index (κ3) is 4.35. The lowest BCUT2D eigenvalue weighted by Gasteiger charge is -2.06. The summed E-state index contributed by atoms with van der Waals surface area (Å²) in [4.78, 5) is 30.0. The molecule has 3 aromatic rings. The fourth-order valence-electron chi connectivity index (χ4n) is 2.38. The number of nitrogens with one attached hydrogen (secondary N) is 3. The van der Waals surface area contributed by atoms with E-state index in [1.165, 1.54) is 0 Å². The van der Waals surface area contributed by atoms with Crippen molar-refractivity contribution in [1.82, 2.24) is 15.3 Å². The third-order valence-corrected chi connectivity index (χ3v) is 3.69. The number of carboxylic acids is 1. The summed E-state index contributed by atoms with van der Waals surface area (Å²) in [5.74, 6) is -0.526. The van der Waals surface area contributed by atoms with Gasteiger partial charge in [0.2, 0.25) is 5.95 Å². The number of hydrogen-bond donors (Lipinski definition) is 4. The zero-order valence-corrected chi connectivity index (χ0v) is 13.5. The van der Waals surface area contributed by atoms with E-state index in [0.29, 0.717) is 18.1 Å². The van der Waals surface area contributed by atoms with Gasteiger partial charge in [0.05, 0.1) is 17.5 Å². The Hall–Kier alpha value is -3.35. The standard InChI is InChI=1S/C18H18N4O3/c23-16(24)9-10-19-17(25)13-7-5-12(6-8-13)11-20-18-21-14-3-1-2-4-15(14)22-18/h1-8H,9-11H2,(H,19,25)(H,23,24)(H2,20,21,22). The SMILES string of the molecule is O=C(O)CCNC(=O)c1ccc(CNc2nc3ccccc3[nH]2)cc1. The number of benzene rings is 2. The average Bonchev–Trinajstić information content (AvgIpc) is 3.03. The summed E-state index contributed by atoms with van der Waals surface area (Å²) < 4.78 is 0. The Morgan fingerprint density at radius 1 is 1.08 bits per heavy atom. The summed E-state index contributed by atoms with van der Waals surface area (Å²) in [7, 11) is 0. The van der Waals surface area contributed by atoms with Crippen molar-refractivity contribution >= 4 is 28.9 Å². The number of amides is 1. The van der Waals surface area contributed by atoms with E-state index in [1.54, 1.807) is 12.1 Å². The molecule has 4 N–H and O–H groups in total. The number of fused-ring (bicyclic) bond motifs is 1. The topological polar surface area (TPSA) is 107 Å². The Balaban J connectivity index is 1.55. The van der Waals surface area contributed by atoms with Crippen LogP contribution in [0.1, 0.15) is 22.3 Å². The van der Waals surface area contributed by atoms with Crippen LogP contribution in [0, 0.1) is 0 Å². The largest absolute Gasteiger partial charge is 0.481 e. The van der Waals surface area contributed by atoms with Gasteiger partial charge in [0.1, 0.15) is 0 Å². The number of H-pyrrole nitrogens is 1. The van der Waals surface area contributed by atoms with Gasteiger partial charge in [-0.1, -0.05) is 24.3 Å². The summed E-state index contributed by atoms with van der Waals surface area (Å²) in [5.41, 5.74) is 3.37. The number of anilines is 1. The van der Waals surface area contributed by atoms with E-state index < -0.39 is 5.97 Å². The lowest BCUT2D eigenvalue weighted by molar-refractivity contribution is -0.136. The lowest BCUT2D eigenvalue weighted by Crippen LogP contribution is -2.25. The molecule has 0 atom stereocenters. The van der Waals surface area contributed by atoms with Crippen LogP contribution in [-0.2, 0) is 11.3 Å². The minimum Gasteiger partial charge on any atom is -0.481 e. The number of carbonyl (C=O) groups is 2. The van der Waals surface area contributed by atoms with Gasteiger partial charge < -0.3 is 20.7 Å². The number of imidazole rings is 1. The first-order valence-corrected chi connectivity index (χ1v) is 7.89. The monoisotopic (exact) mass is 338 g/mol. The number of nitrogens with zero attached hydrogens (tertiary/aromatic N) is 1. The van der Waals surface area contributed by atoms with Crippen LogP contribution >= 0.6 is 0 Å². The first-order valence-electron chi connectivity index (χ1n) is 7.89. The molecule has 7 nitrogen and oxygen atoms in total. The molecule has 2 aromatic carbocycles. The van der Waals surface area contributed by atoms with E-state index in [4.69, 9.17) is 5.11 Å². The summed E-state index contributed by atoms with van der Waals surface area (Å²) >= 11 is 0. The number of para-hydroxylation sites is 2. The number of hydrogen-bond acceptors (Lipinski definition) is 4. The van der Waals surface area contributed by atoms with Gasteiger partial charge in [0.25, 0.3) is 5.91 Å². The van der Waals surface area contributed by atoms with Crippen LogP contribution in [0.15, 0.2) is 48.5 Å². The first kappa shape index (κ1) is 16.5. The number of rotatable bonds is 7. The molecule has 128 valence electrons. The van der Waals surface area contributed by atoms with Crippen molar-refractivity contribution in [2.45, 2.75) is 13.0 Å². The fourth-order valence-corrected chi connectivity index (χ4v) is 2.38. The van der Waals surface area contributed by atoms with Crippen LogP contribution in [-0.4, -0.2) is 33.5 Å². The molecule has 0 spiro atoms. The van der Waals surface area contributed by atoms with Gasteiger partial charge in [-0.05, 0) is 29.8 Å². The fraction of sp³-hybridized carbons (Fsp3) is 0.167. The molecule has 0 radical (unpaired) electrons. The smallest absolute Gasteiger partial charge is 0.305 e. The quantitative estimate of drug-likeness (QED) is 0.529. The summed E-state index contributed by atoms with van der Waals surface area (Å²) in [6, 6.07) is 14.9. The maximum atomic E-state index is 11.9. The predicted octanol–water partition coefficient (Wildman–Crippen LogP) is 2.38. The Labute approximate surface area is 144 Å². The van der Waals surface area contributed by atoms with Crippen molar-refractivity contribution in [3.8, 4) is 0 Å². The Morgan fingerprint density at radius 2 is 1.84 bits per heavy atom. The van der Waals surface area contributed by atoms with Crippen molar-refractivity contribution in [3.05, 3.63) is 59.7 Å². The molecule has 7 heteroatoms. The van der Waals surface area contributed by atoms with Gasteiger partial charge in [0, 0.05) is 18.7 Å². The molecule has 1 aromatic heterocycles. The second kappa shape index (κ2) is 7.48. The van der Waals surface area contributed by atoms with E-state index in [0.717, 1.165) is 16.6 Å². The normalized spacial score (nSPS) is 10.6. The molecule has 0 fully saturated rings. The minimum absolute atomic E-state index is 0.0920. The van der Waals surface area contributed by atoms with Crippen molar-refractivity contribution in [1.29, 1.82) is 0 Å². The van der Waals surface area contributed by atoms with Crippen molar-refractivity contribution in [2.75, 3.05) is 11.9 Å². The van der Waals surface area contributed by atoms with Gasteiger partial charge in [-0.2, -0.15) is 0 Å². The highest BCUT2D eigenvalue weighted by molar-refractivity contribution is 5.94. The lowest BCUT2D eigenvalue weighted by atomic mass is 10.1. The molecule has 0 aliphatic carbocycles. The molecule has 0 aliphatic rings. The van der Waals surface area contributed by atoms with E-state index in [9.17, 15) is 9.59 Å². The summed E-state index contributed by atoms with van der Waals surface area (Å²) in [5, 5.41) is 14.4. The number of carbonyl (C=O) groups excluding carboxylic acids is 1. The Kier molecular flexibility index (Phi) is 4.94. The van der Waals surface area contributed by atoms with Gasteiger partial charge in [-0.3, -0.25) is 9.59 Å². The van der Waals surface area contributed by atoms with E-state index in [2.05, 4.69) is 20.6 Å². The molecule has 0 aliphatic heterocycles. The van der Waals surface area contributed by atoms with Crippen LogP contribution in [0.25, 0.3) is 11.0 Å². The van der Waals surface area contributed by atoms with E-state index >= 15 is 0 Å². The molecule has 0 saturated carbocycles. The minimum atomic E-state index is -0.938. The molecular formula is C18H18N4O3. The zero-order chi connectivity index (χ0) is 17.6. The van der Waals surface area contributed by atoms with Crippen LogP contribution in [0.3, 0.4) is 0 Å². The van der Waals surface area contributed by atoms with Crippen LogP contribution < -0.4 is 10.6 Å². The van der Waals surface area contributed by atoms with E-state index in [1.807, 2.05) is 36.4 Å². The van der Waals surface area contributed by atoms with Gasteiger partial charge in [-0.15, -0.1) is 0 Å². The van der Waals surface area contributed by atoms with E-state index in [-0.39, 0.29) is 18.9 Å². The van der Waals surface area contributed by atoms with Crippen LogP contribution in [0.5, 0.6) is 0 Å². The highest BCUT2D eigenvalue weighted by Crippen LogP contribution is 2.14. The number of carboxylic acid groups (broad SMARTS) is 1. The molecule has 3 rings (SSSR count). The molecule has 0 bridgehead atoms. The number of aliphatic carboxylic acids is 1. The summed E-state index contributed by atoms with van der Waals surface area (Å²) in [6.45, 7) is 0.685. The second-order valence-electron chi connectivity index (χ2n) is 5.55. The highest BCUT2D eigenvalue weighted by atomic mass is 16.4. The molecule has 0 unspecified atom stereocenters. The number of aromatic nitrogens is 2. The first-order chi connectivity index (χ1) is 12.1. The molecule has 25 heavy (non-hydrogen) atoms. The van der Waals surface area contributed by atoms with Crippen LogP contribution in [0.4, 0.5) is 5.95 Å². The van der Waals surface area contributed by atoms with Crippen molar-refractivity contribution in [3.63, 3.8) is 0 Å². The Morgan fingerprint density at radius 3 is 2.56 bits per heavy atom. The molecule has 1 amide bonds. The van der Waals surface area contributed by atoms with Crippen LogP contribution in [0.2, 0.25) is 0 Å².